The zero-order valence-electron chi connectivity index (χ0n) is 10.0. The van der Waals surface area contributed by atoms with Crippen LogP contribution in [0, 0.1) is 0 Å². The van der Waals surface area contributed by atoms with E-state index in [9.17, 15) is 13.2 Å². The van der Waals surface area contributed by atoms with Crippen molar-refractivity contribution in [3.63, 3.8) is 0 Å². The molecule has 0 bridgehead atoms. The summed E-state index contributed by atoms with van der Waals surface area (Å²) in [4.78, 5) is 11.7. The van der Waals surface area contributed by atoms with Crippen molar-refractivity contribution >= 4 is 15.7 Å². The van der Waals surface area contributed by atoms with Gasteiger partial charge in [0.2, 0.25) is 5.91 Å². The van der Waals surface area contributed by atoms with Gasteiger partial charge in [0.05, 0.1) is 16.5 Å². The summed E-state index contributed by atoms with van der Waals surface area (Å²) < 4.78 is 23.1. The minimum atomic E-state index is -2.97. The van der Waals surface area contributed by atoms with Gasteiger partial charge in [-0.3, -0.25) is 4.79 Å². The summed E-state index contributed by atoms with van der Waals surface area (Å²) in [5, 5.41) is 5.17. The second-order valence-electron chi connectivity index (χ2n) is 4.72. The predicted molar refractivity (Wildman–Crippen MR) is 63.0 cm³/mol. The van der Waals surface area contributed by atoms with Gasteiger partial charge in [-0.2, -0.15) is 0 Å². The van der Waals surface area contributed by atoms with Gasteiger partial charge in [-0.15, -0.1) is 0 Å². The molecule has 0 aliphatic carbocycles. The number of likely N-dealkylation sites (N-methyl/N-ethyl adjacent to an activating group) is 1. The van der Waals surface area contributed by atoms with E-state index in [1.807, 2.05) is 0 Å². The van der Waals surface area contributed by atoms with E-state index in [2.05, 4.69) is 10.6 Å². The van der Waals surface area contributed by atoms with E-state index in [-0.39, 0.29) is 18.2 Å². The molecular weight excluding hydrogens is 228 g/mol. The predicted octanol–water partition coefficient (Wildman–Crippen LogP) is -0.322. The Balaban J connectivity index is 2.50. The minimum Gasteiger partial charge on any atom is -0.353 e. The fourth-order valence-corrected chi connectivity index (χ4v) is 3.39. The first-order valence-electron chi connectivity index (χ1n) is 5.48. The van der Waals surface area contributed by atoms with Crippen molar-refractivity contribution < 1.29 is 13.2 Å². The van der Waals surface area contributed by atoms with Crippen LogP contribution in [-0.2, 0) is 14.6 Å². The second-order valence-corrected chi connectivity index (χ2v) is 7.12. The Labute approximate surface area is 96.9 Å². The third-order valence-electron chi connectivity index (χ3n) is 3.15. The van der Waals surface area contributed by atoms with Crippen molar-refractivity contribution in [3.8, 4) is 0 Å². The first-order valence-corrected chi connectivity index (χ1v) is 7.20. The third kappa shape index (κ3) is 2.95. The van der Waals surface area contributed by atoms with Crippen LogP contribution in [-0.4, -0.2) is 44.5 Å². The third-order valence-corrected chi connectivity index (χ3v) is 5.42. The van der Waals surface area contributed by atoms with Crippen molar-refractivity contribution in [2.45, 2.75) is 37.5 Å². The Morgan fingerprint density at radius 2 is 2.06 bits per heavy atom. The molecule has 0 spiro atoms. The zero-order chi connectivity index (χ0) is 12.4. The van der Waals surface area contributed by atoms with Crippen LogP contribution in [0.4, 0.5) is 0 Å². The number of hydrogen-bond acceptors (Lipinski definition) is 4. The molecule has 16 heavy (non-hydrogen) atoms. The maximum atomic E-state index is 11.7. The van der Waals surface area contributed by atoms with E-state index in [0.29, 0.717) is 12.8 Å². The number of carbonyl (C=O) groups excluding carboxylic acids is 1. The highest BCUT2D eigenvalue weighted by Crippen LogP contribution is 2.19. The number of nitrogens with one attached hydrogen (secondary N) is 2. The molecule has 0 aromatic rings. The van der Waals surface area contributed by atoms with Gasteiger partial charge in [0, 0.05) is 6.54 Å². The molecule has 5 nitrogen and oxygen atoms in total. The minimum absolute atomic E-state index is 0.169. The Morgan fingerprint density at radius 1 is 1.44 bits per heavy atom. The summed E-state index contributed by atoms with van der Waals surface area (Å²) in [7, 11) is -1.27. The Kier molecular flexibility index (Phi) is 3.96. The lowest BCUT2D eigenvalue weighted by atomic mass is 10.1. The first-order chi connectivity index (χ1) is 7.29. The smallest absolute Gasteiger partial charge is 0.239 e. The maximum absolute atomic E-state index is 11.7. The number of rotatable bonds is 4. The van der Waals surface area contributed by atoms with E-state index >= 15 is 0 Å². The maximum Gasteiger partial charge on any atom is 0.239 e. The van der Waals surface area contributed by atoms with E-state index in [4.69, 9.17) is 0 Å². The van der Waals surface area contributed by atoms with Gasteiger partial charge < -0.3 is 10.6 Å². The van der Waals surface area contributed by atoms with E-state index in [1.165, 1.54) is 0 Å². The molecule has 6 heteroatoms. The summed E-state index contributed by atoms with van der Waals surface area (Å²) in [6.07, 6.45) is 1.36. The van der Waals surface area contributed by atoms with Crippen LogP contribution >= 0.6 is 0 Å². The normalized spacial score (nSPS) is 24.3. The Bertz CT molecular complexity index is 362. The summed E-state index contributed by atoms with van der Waals surface area (Å²) in [6.45, 7) is 3.74. The fraction of sp³-hybridized carbons (Fsp3) is 0.900. The SMILES string of the molecule is CNC(C)(C)C(=O)NCC1CCCS1(=O)=O. The lowest BCUT2D eigenvalue weighted by Gasteiger charge is -2.23. The molecule has 1 saturated heterocycles. The van der Waals surface area contributed by atoms with Gasteiger partial charge in [-0.1, -0.05) is 0 Å². The highest BCUT2D eigenvalue weighted by Gasteiger charge is 2.33. The highest BCUT2D eigenvalue weighted by molar-refractivity contribution is 7.92. The quantitative estimate of drug-likeness (QED) is 0.715. The van der Waals surface area contributed by atoms with Crippen LogP contribution in [0.3, 0.4) is 0 Å². The molecule has 1 fully saturated rings. The molecule has 1 rings (SSSR count). The first kappa shape index (κ1) is 13.4. The van der Waals surface area contributed by atoms with Crippen molar-refractivity contribution in [1.29, 1.82) is 0 Å². The van der Waals surface area contributed by atoms with Crippen LogP contribution in [0.2, 0.25) is 0 Å². The van der Waals surface area contributed by atoms with Crippen LogP contribution < -0.4 is 10.6 Å². The summed E-state index contributed by atoms with van der Waals surface area (Å²) in [6, 6.07) is 0. The van der Waals surface area contributed by atoms with Gasteiger partial charge in [0.1, 0.15) is 0 Å². The molecule has 1 aliphatic rings. The molecule has 94 valence electrons. The van der Waals surface area contributed by atoms with Gasteiger partial charge in [0.15, 0.2) is 9.84 Å². The van der Waals surface area contributed by atoms with Crippen molar-refractivity contribution in [2.75, 3.05) is 19.3 Å². The van der Waals surface area contributed by atoms with Crippen molar-refractivity contribution in [3.05, 3.63) is 0 Å². The van der Waals surface area contributed by atoms with E-state index in [1.54, 1.807) is 20.9 Å². The van der Waals surface area contributed by atoms with Gasteiger partial charge in [0.25, 0.3) is 0 Å². The molecule has 2 N–H and O–H groups in total. The summed E-state index contributed by atoms with van der Waals surface area (Å²) in [5.74, 6) is 0.0836. The Hall–Kier alpha value is -0.620. The molecular formula is C10H20N2O3S. The lowest BCUT2D eigenvalue weighted by Crippen LogP contribution is -2.52. The van der Waals surface area contributed by atoms with Crippen LogP contribution in [0.25, 0.3) is 0 Å². The number of amides is 1. The van der Waals surface area contributed by atoms with Gasteiger partial charge >= 0.3 is 0 Å². The van der Waals surface area contributed by atoms with Crippen molar-refractivity contribution in [2.24, 2.45) is 0 Å². The number of carbonyl (C=O) groups is 1. The molecule has 1 atom stereocenters. The van der Waals surface area contributed by atoms with Crippen molar-refractivity contribution in [1.82, 2.24) is 10.6 Å². The Morgan fingerprint density at radius 3 is 2.50 bits per heavy atom. The zero-order valence-corrected chi connectivity index (χ0v) is 10.9. The largest absolute Gasteiger partial charge is 0.353 e. The summed E-state index contributed by atoms with van der Waals surface area (Å²) in [5.41, 5.74) is -0.664. The van der Waals surface area contributed by atoms with Gasteiger partial charge in [-0.25, -0.2) is 8.42 Å². The van der Waals surface area contributed by atoms with Crippen LogP contribution in [0.1, 0.15) is 26.7 Å². The lowest BCUT2D eigenvalue weighted by molar-refractivity contribution is -0.126. The average molecular weight is 248 g/mol. The highest BCUT2D eigenvalue weighted by atomic mass is 32.2. The summed E-state index contributed by atoms with van der Waals surface area (Å²) >= 11 is 0. The fourth-order valence-electron chi connectivity index (χ4n) is 1.63. The average Bonchev–Trinajstić information content (AvgIpc) is 2.54. The molecule has 1 amide bonds. The van der Waals surface area contributed by atoms with Crippen LogP contribution in [0.5, 0.6) is 0 Å². The number of sulfone groups is 1. The number of hydrogen-bond donors (Lipinski definition) is 2. The van der Waals surface area contributed by atoms with E-state index < -0.39 is 20.6 Å². The molecule has 0 aromatic heterocycles. The second kappa shape index (κ2) is 4.71. The van der Waals surface area contributed by atoms with E-state index in [0.717, 1.165) is 0 Å². The molecule has 0 radical (unpaired) electrons. The molecule has 0 saturated carbocycles. The molecule has 0 aromatic carbocycles. The molecule has 1 unspecified atom stereocenters. The van der Waals surface area contributed by atoms with Gasteiger partial charge in [-0.05, 0) is 33.7 Å². The topological polar surface area (TPSA) is 75.3 Å². The molecule has 1 aliphatic heterocycles. The van der Waals surface area contributed by atoms with Crippen LogP contribution in [0.15, 0.2) is 0 Å². The standard InChI is InChI=1S/C10H20N2O3S/c1-10(2,11-3)9(13)12-7-8-5-4-6-16(8,14)15/h8,11H,4-7H2,1-3H3,(H,12,13). The monoisotopic (exact) mass is 248 g/mol. The molecule has 1 heterocycles.